The number of ether oxygens (including phenoxy) is 1. The summed E-state index contributed by atoms with van der Waals surface area (Å²) in [6, 6.07) is 4.63. The van der Waals surface area contributed by atoms with Gasteiger partial charge in [-0.1, -0.05) is 32.9 Å². The molecule has 0 aliphatic carbocycles. The number of carbonyl (C=O) groups excluding carboxylic acids is 1. The molecule has 1 rings (SSSR count). The molecule has 5 heteroatoms. The lowest BCUT2D eigenvalue weighted by Crippen LogP contribution is -2.37. The van der Waals surface area contributed by atoms with Crippen LogP contribution in [0.1, 0.15) is 31.9 Å². The number of alkyl halides is 3. The smallest absolute Gasteiger partial charge is 0.373 e. The number of benzene rings is 1. The molecule has 0 amide bonds. The third-order valence-corrected chi connectivity index (χ3v) is 2.97. The molecular weight excluding hydrogens is 269 g/mol. The minimum Gasteiger partial charge on any atom is -0.373 e. The first-order valence-electron chi connectivity index (χ1n) is 6.27. The van der Waals surface area contributed by atoms with E-state index in [0.717, 1.165) is 12.1 Å². The highest BCUT2D eigenvalue weighted by Crippen LogP contribution is 2.29. The maximum absolute atomic E-state index is 12.4. The van der Waals surface area contributed by atoms with E-state index in [0.29, 0.717) is 5.56 Å². The van der Waals surface area contributed by atoms with Crippen molar-refractivity contribution in [2.75, 3.05) is 7.11 Å². The van der Waals surface area contributed by atoms with Crippen LogP contribution in [0.25, 0.3) is 0 Å². The molecule has 0 aliphatic rings. The minimum atomic E-state index is -4.36. The molecule has 1 atom stereocenters. The summed E-state index contributed by atoms with van der Waals surface area (Å²) in [5.74, 6) is -0.139. The lowest BCUT2D eigenvalue weighted by atomic mass is 9.84. The molecule has 1 unspecified atom stereocenters. The summed E-state index contributed by atoms with van der Waals surface area (Å²) in [4.78, 5) is 12.1. The van der Waals surface area contributed by atoms with Crippen LogP contribution in [-0.2, 0) is 22.1 Å². The second-order valence-corrected chi connectivity index (χ2v) is 5.82. The Balaban J connectivity index is 2.81. The maximum Gasteiger partial charge on any atom is 0.416 e. The van der Waals surface area contributed by atoms with Gasteiger partial charge in [-0.05, 0) is 23.1 Å². The highest BCUT2D eigenvalue weighted by atomic mass is 19.4. The lowest BCUT2D eigenvalue weighted by molar-refractivity contribution is -0.137. The number of hydrogen-bond donors (Lipinski definition) is 0. The van der Waals surface area contributed by atoms with Crippen LogP contribution in [0.4, 0.5) is 13.2 Å². The topological polar surface area (TPSA) is 26.3 Å². The van der Waals surface area contributed by atoms with Gasteiger partial charge >= 0.3 is 6.18 Å². The van der Waals surface area contributed by atoms with Crippen molar-refractivity contribution in [3.8, 4) is 0 Å². The molecule has 0 radical (unpaired) electrons. The molecule has 2 nitrogen and oxygen atoms in total. The summed E-state index contributed by atoms with van der Waals surface area (Å²) >= 11 is 0. The van der Waals surface area contributed by atoms with Crippen molar-refractivity contribution in [1.29, 1.82) is 0 Å². The van der Waals surface area contributed by atoms with Gasteiger partial charge in [-0.15, -0.1) is 0 Å². The first kappa shape index (κ1) is 16.7. The fourth-order valence-corrected chi connectivity index (χ4v) is 2.07. The van der Waals surface area contributed by atoms with E-state index >= 15 is 0 Å². The standard InChI is InChI=1S/C15H19F3O2/c1-14(2,3)13(20-4)12(19)9-10-5-7-11(8-6-10)15(16,17)18/h5-8,13H,9H2,1-4H3. The van der Waals surface area contributed by atoms with E-state index in [2.05, 4.69) is 0 Å². The molecule has 0 N–H and O–H groups in total. The fourth-order valence-electron chi connectivity index (χ4n) is 2.07. The van der Waals surface area contributed by atoms with Crippen LogP contribution in [0.5, 0.6) is 0 Å². The molecular formula is C15H19F3O2. The molecule has 1 aromatic carbocycles. The molecule has 0 aromatic heterocycles. The van der Waals surface area contributed by atoms with E-state index in [4.69, 9.17) is 4.74 Å². The van der Waals surface area contributed by atoms with Crippen molar-refractivity contribution >= 4 is 5.78 Å². The Kier molecular flexibility index (Phi) is 4.97. The van der Waals surface area contributed by atoms with Crippen molar-refractivity contribution < 1.29 is 22.7 Å². The minimum absolute atomic E-state index is 0.0634. The van der Waals surface area contributed by atoms with Gasteiger partial charge in [0.15, 0.2) is 5.78 Å². The average molecular weight is 288 g/mol. The fraction of sp³-hybridized carbons (Fsp3) is 0.533. The normalized spacial score (nSPS) is 14.2. The van der Waals surface area contributed by atoms with Gasteiger partial charge < -0.3 is 4.74 Å². The first-order chi connectivity index (χ1) is 9.05. The number of Topliss-reactive ketones (excluding diaryl/α,β-unsaturated/α-hetero) is 1. The number of halogens is 3. The van der Waals surface area contributed by atoms with Crippen molar-refractivity contribution in [1.82, 2.24) is 0 Å². The summed E-state index contributed by atoms with van der Waals surface area (Å²) < 4.78 is 42.5. The summed E-state index contributed by atoms with van der Waals surface area (Å²) in [6.45, 7) is 5.64. The van der Waals surface area contributed by atoms with Crippen LogP contribution < -0.4 is 0 Å². The number of hydrogen-bond acceptors (Lipinski definition) is 2. The van der Waals surface area contributed by atoms with Gasteiger partial charge in [0.1, 0.15) is 6.10 Å². The highest BCUT2D eigenvalue weighted by Gasteiger charge is 2.32. The van der Waals surface area contributed by atoms with Gasteiger partial charge in [-0.3, -0.25) is 4.79 Å². The number of carbonyl (C=O) groups is 1. The zero-order chi connectivity index (χ0) is 15.6. The quantitative estimate of drug-likeness (QED) is 0.840. The molecule has 0 bridgehead atoms. The van der Waals surface area contributed by atoms with Gasteiger partial charge in [0.2, 0.25) is 0 Å². The van der Waals surface area contributed by atoms with Gasteiger partial charge in [0.25, 0.3) is 0 Å². The largest absolute Gasteiger partial charge is 0.416 e. The Morgan fingerprint density at radius 2 is 1.65 bits per heavy atom. The summed E-state index contributed by atoms with van der Waals surface area (Å²) in [5, 5.41) is 0. The molecule has 112 valence electrons. The Morgan fingerprint density at radius 1 is 1.15 bits per heavy atom. The molecule has 20 heavy (non-hydrogen) atoms. The number of methoxy groups -OCH3 is 1. The zero-order valence-corrected chi connectivity index (χ0v) is 12.0. The Hall–Kier alpha value is -1.36. The second-order valence-electron chi connectivity index (χ2n) is 5.82. The summed E-state index contributed by atoms with van der Waals surface area (Å²) in [7, 11) is 1.46. The summed E-state index contributed by atoms with van der Waals surface area (Å²) in [6.07, 6.45) is -4.87. The van der Waals surface area contributed by atoms with Crippen molar-refractivity contribution in [2.24, 2.45) is 5.41 Å². The van der Waals surface area contributed by atoms with Gasteiger partial charge in [-0.2, -0.15) is 13.2 Å². The van der Waals surface area contributed by atoms with Crippen LogP contribution in [-0.4, -0.2) is 19.0 Å². The van der Waals surface area contributed by atoms with E-state index in [1.54, 1.807) is 0 Å². The van der Waals surface area contributed by atoms with Crippen LogP contribution in [0.2, 0.25) is 0 Å². The van der Waals surface area contributed by atoms with Crippen LogP contribution in [0.3, 0.4) is 0 Å². The highest BCUT2D eigenvalue weighted by molar-refractivity contribution is 5.85. The van der Waals surface area contributed by atoms with Crippen molar-refractivity contribution in [3.63, 3.8) is 0 Å². The second kappa shape index (κ2) is 5.95. The van der Waals surface area contributed by atoms with E-state index in [1.165, 1.54) is 19.2 Å². The molecule has 1 aromatic rings. The predicted molar refractivity (Wildman–Crippen MR) is 70.4 cm³/mol. The molecule has 0 spiro atoms. The molecule has 0 saturated heterocycles. The lowest BCUT2D eigenvalue weighted by Gasteiger charge is -2.28. The third-order valence-electron chi connectivity index (χ3n) is 2.97. The van der Waals surface area contributed by atoms with Gasteiger partial charge in [0.05, 0.1) is 5.56 Å². The first-order valence-corrected chi connectivity index (χ1v) is 6.27. The Morgan fingerprint density at radius 3 is 2.00 bits per heavy atom. The van der Waals surface area contributed by atoms with Crippen molar-refractivity contribution in [3.05, 3.63) is 35.4 Å². The predicted octanol–water partition coefficient (Wildman–Crippen LogP) is 3.88. The number of rotatable bonds is 4. The van der Waals surface area contributed by atoms with E-state index in [9.17, 15) is 18.0 Å². The Bertz CT molecular complexity index is 455. The van der Waals surface area contributed by atoms with E-state index in [-0.39, 0.29) is 17.6 Å². The van der Waals surface area contributed by atoms with Gasteiger partial charge in [-0.25, -0.2) is 0 Å². The molecule has 0 aliphatic heterocycles. The zero-order valence-electron chi connectivity index (χ0n) is 12.0. The monoisotopic (exact) mass is 288 g/mol. The summed E-state index contributed by atoms with van der Waals surface area (Å²) in [5.41, 5.74) is -0.514. The third kappa shape index (κ3) is 4.34. The molecule has 0 heterocycles. The van der Waals surface area contributed by atoms with Crippen LogP contribution in [0.15, 0.2) is 24.3 Å². The van der Waals surface area contributed by atoms with Crippen LogP contribution in [0, 0.1) is 5.41 Å². The van der Waals surface area contributed by atoms with Crippen LogP contribution >= 0.6 is 0 Å². The Labute approximate surface area is 116 Å². The number of ketones is 1. The van der Waals surface area contributed by atoms with E-state index in [1.807, 2.05) is 20.8 Å². The maximum atomic E-state index is 12.4. The SMILES string of the molecule is COC(C(=O)Cc1ccc(C(F)(F)F)cc1)C(C)(C)C. The molecule has 0 fully saturated rings. The van der Waals surface area contributed by atoms with Crippen molar-refractivity contribution in [2.45, 2.75) is 39.5 Å². The van der Waals surface area contributed by atoms with E-state index < -0.39 is 17.8 Å². The van der Waals surface area contributed by atoms with Gasteiger partial charge in [0, 0.05) is 13.5 Å². The molecule has 0 saturated carbocycles. The average Bonchev–Trinajstić information content (AvgIpc) is 2.27.